The second kappa shape index (κ2) is 7.94. The Morgan fingerprint density at radius 2 is 1.95 bits per heavy atom. The molecule has 1 heterocycles. The lowest BCUT2D eigenvalue weighted by Crippen LogP contribution is -2.29. The number of nitrogens with zero attached hydrogens (tertiary/aromatic N) is 1. The Kier molecular flexibility index (Phi) is 6.23. The largest absolute Gasteiger partial charge is 0.334 e. The normalized spacial score (nSPS) is 11.0. The molecule has 22 heavy (non-hydrogen) atoms. The van der Waals surface area contributed by atoms with Crippen LogP contribution >= 0.6 is 34.7 Å². The molecule has 0 saturated carbocycles. The van der Waals surface area contributed by atoms with Crippen molar-refractivity contribution in [2.24, 2.45) is 0 Å². The zero-order chi connectivity index (χ0) is 16.1. The molecule has 0 saturated heterocycles. The minimum atomic E-state index is -2.46. The van der Waals surface area contributed by atoms with Gasteiger partial charge < -0.3 is 4.90 Å². The molecular formula is C15H14ClF2NOS2. The van der Waals surface area contributed by atoms with E-state index in [0.29, 0.717) is 39.6 Å². The van der Waals surface area contributed by atoms with Gasteiger partial charge in [0.25, 0.3) is 11.7 Å². The minimum Gasteiger partial charge on any atom is -0.334 e. The number of carbonyl (C=O) groups excluding carboxylic acids is 1. The van der Waals surface area contributed by atoms with Crippen molar-refractivity contribution >= 4 is 40.6 Å². The number of halogens is 3. The number of thiophene rings is 1. The first-order valence-electron chi connectivity index (χ1n) is 6.58. The maximum absolute atomic E-state index is 12.5. The van der Waals surface area contributed by atoms with Crippen LogP contribution in [0.1, 0.15) is 22.2 Å². The van der Waals surface area contributed by atoms with Gasteiger partial charge in [-0.1, -0.05) is 23.4 Å². The fourth-order valence-corrected chi connectivity index (χ4v) is 3.52. The van der Waals surface area contributed by atoms with Gasteiger partial charge in [0.1, 0.15) is 0 Å². The van der Waals surface area contributed by atoms with Crippen molar-refractivity contribution in [2.45, 2.75) is 24.1 Å². The van der Waals surface area contributed by atoms with E-state index in [1.807, 2.05) is 13.0 Å². The van der Waals surface area contributed by atoms with Gasteiger partial charge >= 0.3 is 0 Å². The van der Waals surface area contributed by atoms with E-state index in [9.17, 15) is 13.6 Å². The van der Waals surface area contributed by atoms with Crippen LogP contribution in [-0.4, -0.2) is 23.1 Å². The molecule has 0 radical (unpaired) electrons. The summed E-state index contributed by atoms with van der Waals surface area (Å²) in [6, 6.07) is 9.94. The molecule has 2 aromatic rings. The first-order chi connectivity index (χ1) is 10.5. The van der Waals surface area contributed by atoms with Crippen molar-refractivity contribution in [1.82, 2.24) is 4.90 Å². The Bertz CT molecular complexity index is 631. The van der Waals surface area contributed by atoms with Gasteiger partial charge in [-0.05, 0) is 43.3 Å². The Hall–Kier alpha value is -1.11. The zero-order valence-electron chi connectivity index (χ0n) is 11.8. The lowest BCUT2D eigenvalue weighted by molar-refractivity contribution is 0.0754. The van der Waals surface area contributed by atoms with Crippen molar-refractivity contribution in [3.63, 3.8) is 0 Å². The van der Waals surface area contributed by atoms with Crippen molar-refractivity contribution in [3.05, 3.63) is 51.2 Å². The van der Waals surface area contributed by atoms with Crippen LogP contribution in [0.15, 0.2) is 41.3 Å². The van der Waals surface area contributed by atoms with Crippen molar-refractivity contribution in [1.29, 1.82) is 0 Å². The maximum Gasteiger partial charge on any atom is 0.288 e. The topological polar surface area (TPSA) is 20.3 Å². The smallest absolute Gasteiger partial charge is 0.288 e. The highest BCUT2D eigenvalue weighted by Gasteiger charge is 2.16. The van der Waals surface area contributed by atoms with Crippen LogP contribution in [0.5, 0.6) is 0 Å². The second-order valence-electron chi connectivity index (χ2n) is 4.43. The number of alkyl halides is 2. The summed E-state index contributed by atoms with van der Waals surface area (Å²) in [6.07, 6.45) is 0. The van der Waals surface area contributed by atoms with Gasteiger partial charge in [-0.25, -0.2) is 0 Å². The number of rotatable bonds is 6. The summed E-state index contributed by atoms with van der Waals surface area (Å²) < 4.78 is 25.3. The van der Waals surface area contributed by atoms with Crippen LogP contribution in [0.4, 0.5) is 8.78 Å². The van der Waals surface area contributed by atoms with Gasteiger partial charge in [-0.15, -0.1) is 11.3 Å². The van der Waals surface area contributed by atoms with Gasteiger partial charge in [-0.3, -0.25) is 4.79 Å². The summed E-state index contributed by atoms with van der Waals surface area (Å²) in [6.45, 7) is 2.94. The quantitative estimate of drug-likeness (QED) is 0.644. The van der Waals surface area contributed by atoms with Crippen LogP contribution in [0.25, 0.3) is 0 Å². The fourth-order valence-electron chi connectivity index (χ4n) is 1.91. The van der Waals surface area contributed by atoms with Crippen molar-refractivity contribution in [3.8, 4) is 0 Å². The fraction of sp³-hybridized carbons (Fsp3) is 0.267. The van der Waals surface area contributed by atoms with E-state index in [2.05, 4.69) is 0 Å². The van der Waals surface area contributed by atoms with Crippen LogP contribution in [0.3, 0.4) is 0 Å². The summed E-state index contributed by atoms with van der Waals surface area (Å²) in [4.78, 5) is 15.6. The third-order valence-electron chi connectivity index (χ3n) is 2.97. The monoisotopic (exact) mass is 361 g/mol. The molecule has 0 N–H and O–H groups in total. The summed E-state index contributed by atoms with van der Waals surface area (Å²) in [5.41, 5.74) is 0.489. The molecule has 7 heteroatoms. The zero-order valence-corrected chi connectivity index (χ0v) is 14.2. The van der Waals surface area contributed by atoms with E-state index in [1.54, 1.807) is 35.2 Å². The number of carbonyl (C=O) groups is 1. The Morgan fingerprint density at radius 1 is 1.27 bits per heavy atom. The van der Waals surface area contributed by atoms with E-state index in [0.717, 1.165) is 4.88 Å². The molecule has 1 aromatic heterocycles. The predicted molar refractivity (Wildman–Crippen MR) is 88.0 cm³/mol. The van der Waals surface area contributed by atoms with E-state index in [1.165, 1.54) is 11.3 Å². The molecular weight excluding hydrogens is 348 g/mol. The van der Waals surface area contributed by atoms with E-state index in [-0.39, 0.29) is 5.91 Å². The van der Waals surface area contributed by atoms with Crippen LogP contribution in [0.2, 0.25) is 4.34 Å². The molecule has 0 unspecified atom stereocenters. The first-order valence-corrected chi connectivity index (χ1v) is 8.65. The number of hydrogen-bond acceptors (Lipinski definition) is 3. The highest BCUT2D eigenvalue weighted by molar-refractivity contribution is 7.99. The van der Waals surface area contributed by atoms with E-state index >= 15 is 0 Å². The van der Waals surface area contributed by atoms with Crippen molar-refractivity contribution in [2.75, 3.05) is 6.54 Å². The Labute approximate surface area is 141 Å². The second-order valence-corrected chi connectivity index (χ2v) is 7.29. The van der Waals surface area contributed by atoms with E-state index < -0.39 is 5.76 Å². The number of amides is 1. The standard InChI is InChI=1S/C15H14ClF2NOS2/c1-2-19(9-12-7-8-13(16)21-12)14(20)10-3-5-11(6-4-10)22-15(17)18/h3-8,15H,2,9H2,1H3. The summed E-state index contributed by atoms with van der Waals surface area (Å²) in [7, 11) is 0. The molecule has 0 aliphatic carbocycles. The molecule has 1 aromatic carbocycles. The number of thioether (sulfide) groups is 1. The minimum absolute atomic E-state index is 0.124. The average molecular weight is 362 g/mol. The van der Waals surface area contributed by atoms with Crippen LogP contribution in [-0.2, 0) is 6.54 Å². The SMILES string of the molecule is CCN(Cc1ccc(Cl)s1)C(=O)c1ccc(SC(F)F)cc1. The molecule has 0 atom stereocenters. The summed E-state index contributed by atoms with van der Waals surface area (Å²) in [5.74, 6) is -2.59. The van der Waals surface area contributed by atoms with Crippen molar-refractivity contribution < 1.29 is 13.6 Å². The molecule has 0 bridgehead atoms. The van der Waals surface area contributed by atoms with Gasteiger partial charge in [0.2, 0.25) is 0 Å². The third kappa shape index (κ3) is 4.69. The number of hydrogen-bond donors (Lipinski definition) is 0. The molecule has 2 rings (SSSR count). The molecule has 1 amide bonds. The predicted octanol–water partition coefficient (Wildman–Crippen LogP) is 5.38. The van der Waals surface area contributed by atoms with Crippen LogP contribution < -0.4 is 0 Å². The molecule has 0 fully saturated rings. The summed E-state index contributed by atoms with van der Waals surface area (Å²) >= 11 is 7.80. The van der Waals surface area contributed by atoms with Crippen LogP contribution in [0, 0.1) is 0 Å². The van der Waals surface area contributed by atoms with Gasteiger partial charge in [0, 0.05) is 21.9 Å². The summed E-state index contributed by atoms with van der Waals surface area (Å²) in [5, 5.41) is 0. The van der Waals surface area contributed by atoms with E-state index in [4.69, 9.17) is 11.6 Å². The maximum atomic E-state index is 12.5. The average Bonchev–Trinajstić information content (AvgIpc) is 2.89. The lowest BCUT2D eigenvalue weighted by atomic mass is 10.2. The van der Waals surface area contributed by atoms with Gasteiger partial charge in [0.05, 0.1) is 10.9 Å². The molecule has 118 valence electrons. The highest BCUT2D eigenvalue weighted by atomic mass is 35.5. The highest BCUT2D eigenvalue weighted by Crippen LogP contribution is 2.26. The molecule has 2 nitrogen and oxygen atoms in total. The van der Waals surface area contributed by atoms with Gasteiger partial charge in [0.15, 0.2) is 0 Å². The number of benzene rings is 1. The molecule has 0 aliphatic rings. The molecule has 0 spiro atoms. The van der Waals surface area contributed by atoms with Gasteiger partial charge in [-0.2, -0.15) is 8.78 Å². The first kappa shape index (κ1) is 17.2. The lowest BCUT2D eigenvalue weighted by Gasteiger charge is -2.20. The Morgan fingerprint density at radius 3 is 2.45 bits per heavy atom. The Balaban J connectivity index is 2.07. The third-order valence-corrected chi connectivity index (χ3v) is 4.91. The molecule has 0 aliphatic heterocycles.